The molecule has 1 aliphatic heterocycles. The molecule has 0 radical (unpaired) electrons. The number of carboxylic acid groups (broad SMARTS) is 1. The minimum absolute atomic E-state index is 0.138. The zero-order valence-corrected chi connectivity index (χ0v) is 15.4. The highest BCUT2D eigenvalue weighted by Gasteiger charge is 2.59. The molecule has 1 saturated heterocycles. The first-order valence-corrected chi connectivity index (χ1v) is 9.08. The SMILES string of the molecule is COc1cc(C=NN2C(=O)[C@@H]3[C@H](C2=O)[C@H]2C=C[C@H]3C2)ccc1O[C@H](C)C(=O)O. The first-order chi connectivity index (χ1) is 13.4. The van der Waals surface area contributed by atoms with Crippen LogP contribution in [0.15, 0.2) is 35.5 Å². The molecule has 8 nitrogen and oxygen atoms in total. The van der Waals surface area contributed by atoms with Crippen molar-refractivity contribution < 1.29 is 29.0 Å². The van der Waals surface area contributed by atoms with Crippen molar-refractivity contribution in [2.45, 2.75) is 19.4 Å². The predicted octanol–water partition coefficient (Wildman–Crippen LogP) is 1.69. The van der Waals surface area contributed by atoms with Crippen molar-refractivity contribution in [1.29, 1.82) is 0 Å². The summed E-state index contributed by atoms with van der Waals surface area (Å²) in [5, 5.41) is 14.1. The van der Waals surface area contributed by atoms with E-state index in [1.165, 1.54) is 20.2 Å². The number of hydrogen-bond donors (Lipinski definition) is 1. The average Bonchev–Trinajstić information content (AvgIpc) is 3.35. The van der Waals surface area contributed by atoms with Gasteiger partial charge < -0.3 is 14.6 Å². The number of rotatable bonds is 6. The molecule has 1 aromatic carbocycles. The van der Waals surface area contributed by atoms with Crippen molar-refractivity contribution in [3.05, 3.63) is 35.9 Å². The monoisotopic (exact) mass is 384 g/mol. The van der Waals surface area contributed by atoms with Gasteiger partial charge in [0.15, 0.2) is 17.6 Å². The normalized spacial score (nSPS) is 28.9. The summed E-state index contributed by atoms with van der Waals surface area (Å²) in [6, 6.07) is 4.81. The Labute approximate surface area is 161 Å². The number of ether oxygens (including phenoxy) is 2. The zero-order valence-electron chi connectivity index (χ0n) is 15.4. The molecule has 2 fully saturated rings. The van der Waals surface area contributed by atoms with Gasteiger partial charge in [-0.2, -0.15) is 10.1 Å². The lowest BCUT2D eigenvalue weighted by molar-refractivity contribution is -0.144. The molecule has 28 heavy (non-hydrogen) atoms. The molecule has 1 saturated carbocycles. The van der Waals surface area contributed by atoms with E-state index in [9.17, 15) is 14.4 Å². The highest BCUT2D eigenvalue weighted by atomic mass is 16.5. The van der Waals surface area contributed by atoms with E-state index in [1.54, 1.807) is 18.2 Å². The second kappa shape index (κ2) is 6.78. The summed E-state index contributed by atoms with van der Waals surface area (Å²) in [4.78, 5) is 36.2. The van der Waals surface area contributed by atoms with Crippen LogP contribution in [0, 0.1) is 23.7 Å². The van der Waals surface area contributed by atoms with Crippen molar-refractivity contribution in [1.82, 2.24) is 5.01 Å². The third kappa shape index (κ3) is 2.85. The Bertz CT molecular complexity index is 878. The van der Waals surface area contributed by atoms with E-state index in [-0.39, 0.29) is 41.2 Å². The number of hydrazone groups is 1. The van der Waals surface area contributed by atoms with Gasteiger partial charge in [-0.25, -0.2) is 4.79 Å². The number of hydrogen-bond acceptors (Lipinski definition) is 6. The van der Waals surface area contributed by atoms with Crippen molar-refractivity contribution in [3.8, 4) is 11.5 Å². The number of amides is 2. The Balaban J connectivity index is 1.51. The third-order valence-electron chi connectivity index (χ3n) is 5.61. The number of methoxy groups -OCH3 is 1. The smallest absolute Gasteiger partial charge is 0.344 e. The molecule has 1 N–H and O–H groups in total. The quantitative estimate of drug-likeness (QED) is 0.455. The average molecular weight is 384 g/mol. The lowest BCUT2D eigenvalue weighted by atomic mass is 9.85. The van der Waals surface area contributed by atoms with Gasteiger partial charge in [-0.15, -0.1) is 0 Å². The molecular weight excluding hydrogens is 364 g/mol. The molecular formula is C20H20N2O6. The van der Waals surface area contributed by atoms with Crippen LogP contribution in [0.25, 0.3) is 0 Å². The number of carbonyl (C=O) groups is 3. The summed E-state index contributed by atoms with van der Waals surface area (Å²) in [6.45, 7) is 1.42. The fourth-order valence-electron chi connectivity index (χ4n) is 4.23. The molecule has 8 heteroatoms. The van der Waals surface area contributed by atoms with Gasteiger partial charge in [0.2, 0.25) is 0 Å². The Hall–Kier alpha value is -3.16. The van der Waals surface area contributed by atoms with Gasteiger partial charge in [-0.05, 0) is 48.9 Å². The zero-order chi connectivity index (χ0) is 20.0. The van der Waals surface area contributed by atoms with Crippen LogP contribution in [-0.4, -0.2) is 47.3 Å². The molecule has 1 heterocycles. The minimum atomic E-state index is -1.09. The van der Waals surface area contributed by atoms with Crippen molar-refractivity contribution in [2.75, 3.05) is 7.11 Å². The minimum Gasteiger partial charge on any atom is -0.493 e. The molecule has 2 aliphatic carbocycles. The van der Waals surface area contributed by atoms with Gasteiger partial charge in [0, 0.05) is 0 Å². The molecule has 146 valence electrons. The number of allylic oxidation sites excluding steroid dienone is 2. The van der Waals surface area contributed by atoms with Crippen LogP contribution >= 0.6 is 0 Å². The van der Waals surface area contributed by atoms with Crippen LogP contribution in [0.2, 0.25) is 0 Å². The highest BCUT2D eigenvalue weighted by Crippen LogP contribution is 2.52. The number of imide groups is 1. The van der Waals surface area contributed by atoms with Crippen LogP contribution < -0.4 is 9.47 Å². The summed E-state index contributed by atoms with van der Waals surface area (Å²) >= 11 is 0. The summed E-state index contributed by atoms with van der Waals surface area (Å²) in [6.07, 6.45) is 5.33. The highest BCUT2D eigenvalue weighted by molar-refractivity contribution is 6.06. The maximum absolute atomic E-state index is 12.6. The van der Waals surface area contributed by atoms with Gasteiger partial charge in [0.25, 0.3) is 11.8 Å². The molecule has 4 rings (SSSR count). The molecule has 0 aromatic heterocycles. The van der Waals surface area contributed by atoms with Crippen LogP contribution in [0.5, 0.6) is 11.5 Å². The molecule has 3 aliphatic rings. The van der Waals surface area contributed by atoms with Crippen LogP contribution in [-0.2, 0) is 14.4 Å². The Morgan fingerprint density at radius 3 is 2.43 bits per heavy atom. The molecule has 5 atom stereocenters. The number of carbonyl (C=O) groups excluding carboxylic acids is 2. The van der Waals surface area contributed by atoms with Crippen molar-refractivity contribution in [2.24, 2.45) is 28.8 Å². The number of carboxylic acids is 1. The fraction of sp³-hybridized carbons (Fsp3) is 0.400. The van der Waals surface area contributed by atoms with E-state index < -0.39 is 12.1 Å². The van der Waals surface area contributed by atoms with Gasteiger partial charge in [-0.3, -0.25) is 9.59 Å². The summed E-state index contributed by atoms with van der Waals surface area (Å²) in [5.74, 6) is -1.28. The first kappa shape index (κ1) is 18.2. The van der Waals surface area contributed by atoms with Gasteiger partial charge >= 0.3 is 5.97 Å². The van der Waals surface area contributed by atoms with E-state index in [2.05, 4.69) is 5.10 Å². The van der Waals surface area contributed by atoms with Crippen LogP contribution in [0.1, 0.15) is 18.9 Å². The summed E-state index contributed by atoms with van der Waals surface area (Å²) < 4.78 is 10.6. The van der Waals surface area contributed by atoms with Crippen molar-refractivity contribution in [3.63, 3.8) is 0 Å². The molecule has 2 bridgehead atoms. The van der Waals surface area contributed by atoms with E-state index in [1.807, 2.05) is 12.2 Å². The number of fused-ring (bicyclic) bond motifs is 5. The number of benzene rings is 1. The van der Waals surface area contributed by atoms with Gasteiger partial charge in [0.05, 0.1) is 25.2 Å². The van der Waals surface area contributed by atoms with Gasteiger partial charge in [0.1, 0.15) is 0 Å². The first-order valence-electron chi connectivity index (χ1n) is 9.08. The van der Waals surface area contributed by atoms with E-state index >= 15 is 0 Å². The lowest BCUT2D eigenvalue weighted by Crippen LogP contribution is -2.28. The molecule has 1 aromatic rings. The second-order valence-electron chi connectivity index (χ2n) is 7.24. The third-order valence-corrected chi connectivity index (χ3v) is 5.61. The van der Waals surface area contributed by atoms with Gasteiger partial charge in [-0.1, -0.05) is 12.2 Å². The fourth-order valence-corrected chi connectivity index (χ4v) is 4.23. The van der Waals surface area contributed by atoms with E-state index in [0.29, 0.717) is 11.3 Å². The van der Waals surface area contributed by atoms with E-state index in [4.69, 9.17) is 14.6 Å². The molecule has 2 amide bonds. The van der Waals surface area contributed by atoms with E-state index in [0.717, 1.165) is 11.4 Å². The summed E-state index contributed by atoms with van der Waals surface area (Å²) in [5.41, 5.74) is 0.589. The molecule has 0 unspecified atom stereocenters. The van der Waals surface area contributed by atoms with Crippen LogP contribution in [0.4, 0.5) is 0 Å². The van der Waals surface area contributed by atoms with Crippen molar-refractivity contribution >= 4 is 24.0 Å². The maximum Gasteiger partial charge on any atom is 0.344 e. The maximum atomic E-state index is 12.6. The van der Waals surface area contributed by atoms with Crippen LogP contribution in [0.3, 0.4) is 0 Å². The lowest BCUT2D eigenvalue weighted by Gasteiger charge is -2.14. The predicted molar refractivity (Wildman–Crippen MR) is 97.9 cm³/mol. The number of nitrogens with zero attached hydrogens (tertiary/aromatic N) is 2. The standard InChI is InChI=1S/C20H20N2O6/c1-10(20(25)26)28-14-6-3-11(7-15(14)27-2)9-21-22-18(23)16-12-4-5-13(8-12)17(16)19(22)24/h3-7,9-10,12-13,16-17H,8H2,1-2H3,(H,25,26)/t10-,12+,13+,16-,17+/m1/s1. The topological polar surface area (TPSA) is 106 Å². The Morgan fingerprint density at radius 1 is 1.21 bits per heavy atom. The Morgan fingerprint density at radius 2 is 1.86 bits per heavy atom. The molecule has 0 spiro atoms. The number of aliphatic carboxylic acids is 1. The largest absolute Gasteiger partial charge is 0.493 e. The Kier molecular flexibility index (Phi) is 4.41. The summed E-state index contributed by atoms with van der Waals surface area (Å²) in [7, 11) is 1.44. The second-order valence-corrected chi connectivity index (χ2v) is 7.24.